The predicted molar refractivity (Wildman–Crippen MR) is 74.1 cm³/mol. The Morgan fingerprint density at radius 2 is 1.89 bits per heavy atom. The molecule has 0 spiro atoms. The maximum atomic E-state index is 12.2. The van der Waals surface area contributed by atoms with Crippen LogP contribution >= 0.6 is 0 Å². The van der Waals surface area contributed by atoms with Crippen LogP contribution in [0.1, 0.15) is 5.56 Å². The van der Waals surface area contributed by atoms with Gasteiger partial charge < -0.3 is 5.73 Å². The highest BCUT2D eigenvalue weighted by Crippen LogP contribution is 2.20. The summed E-state index contributed by atoms with van der Waals surface area (Å²) in [5.41, 5.74) is 6.86. The van der Waals surface area contributed by atoms with E-state index in [1.165, 1.54) is 12.1 Å². The third kappa shape index (κ3) is 3.17. The minimum atomic E-state index is -1.32. The topological polar surface area (TPSA) is 86.2 Å². The number of anilines is 1. The highest BCUT2D eigenvalue weighted by molar-refractivity contribution is 7.84. The van der Waals surface area contributed by atoms with Crippen LogP contribution in [0.5, 0.6) is 0 Å². The van der Waals surface area contributed by atoms with Gasteiger partial charge in [-0.25, -0.2) is 0 Å². The summed E-state index contributed by atoms with van der Waals surface area (Å²) in [6, 6.07) is 13.0. The molecule has 0 aromatic heterocycles. The highest BCUT2D eigenvalue weighted by atomic mass is 32.2. The number of nitrogens with zero attached hydrogens (tertiary/aromatic N) is 1. The lowest BCUT2D eigenvalue weighted by atomic mass is 10.2. The first-order chi connectivity index (χ1) is 9.08. The van der Waals surface area contributed by atoms with E-state index in [1.54, 1.807) is 36.4 Å². The molecule has 19 heavy (non-hydrogen) atoms. The van der Waals surface area contributed by atoms with Crippen molar-refractivity contribution in [2.75, 3.05) is 5.73 Å². The van der Waals surface area contributed by atoms with Gasteiger partial charge in [0.05, 0.1) is 26.4 Å². The van der Waals surface area contributed by atoms with Crippen molar-refractivity contribution < 1.29 is 9.13 Å². The molecule has 0 radical (unpaired) electrons. The zero-order valence-corrected chi connectivity index (χ0v) is 10.8. The van der Waals surface area contributed by atoms with Crippen molar-refractivity contribution in [1.29, 1.82) is 0 Å². The van der Waals surface area contributed by atoms with Gasteiger partial charge in [0.1, 0.15) is 0 Å². The van der Waals surface area contributed by atoms with E-state index in [1.807, 2.05) is 0 Å². The Morgan fingerprint density at radius 3 is 2.58 bits per heavy atom. The number of nitrogens with two attached hydrogens (primary N) is 1. The molecule has 1 atom stereocenters. The van der Waals surface area contributed by atoms with E-state index in [-0.39, 0.29) is 11.4 Å². The number of hydrogen-bond donors (Lipinski definition) is 1. The predicted octanol–water partition coefficient (Wildman–Crippen LogP) is 2.48. The van der Waals surface area contributed by atoms with Crippen LogP contribution in [0.3, 0.4) is 0 Å². The second-order valence-corrected chi connectivity index (χ2v) is 5.37. The van der Waals surface area contributed by atoms with Crippen molar-refractivity contribution in [2.24, 2.45) is 0 Å². The maximum Gasteiger partial charge on any atom is 0.269 e. The van der Waals surface area contributed by atoms with Gasteiger partial charge in [-0.3, -0.25) is 14.3 Å². The zero-order valence-electron chi connectivity index (χ0n) is 9.98. The quantitative estimate of drug-likeness (QED) is 0.528. The molecule has 2 aromatic carbocycles. The first kappa shape index (κ1) is 13.2. The number of nitro groups is 1. The summed E-state index contributed by atoms with van der Waals surface area (Å²) in [4.78, 5) is 10.8. The molecule has 2 N–H and O–H groups in total. The molecule has 0 heterocycles. The lowest BCUT2D eigenvalue weighted by Gasteiger charge is -2.05. The van der Waals surface area contributed by atoms with Crippen LogP contribution in [0.25, 0.3) is 0 Å². The summed E-state index contributed by atoms with van der Waals surface area (Å²) in [7, 11) is -1.32. The second kappa shape index (κ2) is 5.62. The number of non-ortho nitro benzene ring substituents is 1. The molecule has 0 bridgehead atoms. The van der Waals surface area contributed by atoms with E-state index in [0.717, 1.165) is 0 Å². The van der Waals surface area contributed by atoms with Crippen LogP contribution in [0.4, 0.5) is 11.4 Å². The van der Waals surface area contributed by atoms with Gasteiger partial charge >= 0.3 is 0 Å². The minimum Gasteiger partial charge on any atom is -0.398 e. The largest absolute Gasteiger partial charge is 0.398 e. The summed E-state index contributed by atoms with van der Waals surface area (Å²) in [6.45, 7) is 0. The Bertz CT molecular complexity index is 643. The van der Waals surface area contributed by atoms with E-state index in [4.69, 9.17) is 5.73 Å². The molecular formula is C13H12N2O3S. The van der Waals surface area contributed by atoms with Crippen molar-refractivity contribution in [3.8, 4) is 0 Å². The smallest absolute Gasteiger partial charge is 0.269 e. The SMILES string of the molecule is Nc1ccccc1S(=O)Cc1cccc([N+](=O)[O-])c1. The van der Waals surface area contributed by atoms with Crippen molar-refractivity contribution in [2.45, 2.75) is 10.6 Å². The number of nitrogen functional groups attached to an aromatic ring is 1. The molecule has 2 aromatic rings. The van der Waals surface area contributed by atoms with Crippen LogP contribution in [-0.4, -0.2) is 9.13 Å². The monoisotopic (exact) mass is 276 g/mol. The second-order valence-electron chi connectivity index (χ2n) is 3.95. The van der Waals surface area contributed by atoms with Gasteiger partial charge in [0, 0.05) is 17.8 Å². The summed E-state index contributed by atoms with van der Waals surface area (Å²) in [5.74, 6) is 0.204. The Morgan fingerprint density at radius 1 is 1.16 bits per heavy atom. The lowest BCUT2D eigenvalue weighted by molar-refractivity contribution is -0.384. The van der Waals surface area contributed by atoms with Gasteiger partial charge in [0.25, 0.3) is 5.69 Å². The average Bonchev–Trinajstić information content (AvgIpc) is 2.39. The molecule has 0 saturated carbocycles. The van der Waals surface area contributed by atoms with Crippen LogP contribution < -0.4 is 5.73 Å². The van der Waals surface area contributed by atoms with E-state index < -0.39 is 15.7 Å². The van der Waals surface area contributed by atoms with Gasteiger partial charge in [0.2, 0.25) is 0 Å². The van der Waals surface area contributed by atoms with Gasteiger partial charge in [-0.1, -0.05) is 24.3 Å². The number of rotatable bonds is 4. The number of hydrogen-bond acceptors (Lipinski definition) is 4. The molecule has 0 amide bonds. The Labute approximate surface area is 112 Å². The summed E-state index contributed by atoms with van der Waals surface area (Å²) in [6.07, 6.45) is 0. The highest BCUT2D eigenvalue weighted by Gasteiger charge is 2.11. The molecule has 0 aliphatic rings. The number of benzene rings is 2. The van der Waals surface area contributed by atoms with Gasteiger partial charge in [-0.05, 0) is 17.7 Å². The first-order valence-electron chi connectivity index (χ1n) is 5.54. The maximum absolute atomic E-state index is 12.2. The van der Waals surface area contributed by atoms with Gasteiger partial charge in [-0.2, -0.15) is 0 Å². The summed E-state index contributed by atoms with van der Waals surface area (Å²) < 4.78 is 12.2. The third-order valence-corrected chi connectivity index (χ3v) is 4.04. The van der Waals surface area contributed by atoms with E-state index in [9.17, 15) is 14.3 Å². The van der Waals surface area contributed by atoms with Gasteiger partial charge in [-0.15, -0.1) is 0 Å². The van der Waals surface area contributed by atoms with Crippen molar-refractivity contribution in [1.82, 2.24) is 0 Å². The van der Waals surface area contributed by atoms with E-state index in [0.29, 0.717) is 16.1 Å². The number of nitro benzene ring substituents is 1. The fourth-order valence-electron chi connectivity index (χ4n) is 1.68. The van der Waals surface area contributed by atoms with Crippen LogP contribution in [0.15, 0.2) is 53.4 Å². The molecule has 5 nitrogen and oxygen atoms in total. The zero-order chi connectivity index (χ0) is 13.8. The molecule has 1 unspecified atom stereocenters. The molecule has 98 valence electrons. The van der Waals surface area contributed by atoms with Gasteiger partial charge in [0.15, 0.2) is 0 Å². The normalized spacial score (nSPS) is 12.0. The van der Waals surface area contributed by atoms with E-state index in [2.05, 4.69) is 0 Å². The van der Waals surface area contributed by atoms with Crippen LogP contribution in [0, 0.1) is 10.1 Å². The average molecular weight is 276 g/mol. The first-order valence-corrected chi connectivity index (χ1v) is 6.86. The van der Waals surface area contributed by atoms with Crippen molar-refractivity contribution >= 4 is 22.2 Å². The standard InChI is InChI=1S/C13H12N2O3S/c14-12-6-1-2-7-13(12)19(18)9-10-4-3-5-11(8-10)15(16)17/h1-8H,9,14H2. The van der Waals surface area contributed by atoms with Crippen LogP contribution in [-0.2, 0) is 16.6 Å². The Kier molecular flexibility index (Phi) is 3.91. The Balaban J connectivity index is 2.22. The summed E-state index contributed by atoms with van der Waals surface area (Å²) >= 11 is 0. The molecule has 6 heteroatoms. The van der Waals surface area contributed by atoms with Crippen LogP contribution in [0.2, 0.25) is 0 Å². The lowest BCUT2D eigenvalue weighted by Crippen LogP contribution is -2.01. The van der Waals surface area contributed by atoms with Crippen molar-refractivity contribution in [3.63, 3.8) is 0 Å². The fraction of sp³-hybridized carbons (Fsp3) is 0.0769. The molecule has 2 rings (SSSR count). The van der Waals surface area contributed by atoms with Crippen molar-refractivity contribution in [3.05, 3.63) is 64.2 Å². The van der Waals surface area contributed by atoms with E-state index >= 15 is 0 Å². The Hall–Kier alpha value is -2.21. The minimum absolute atomic E-state index is 0.00414. The molecule has 0 fully saturated rings. The molecule has 0 aliphatic carbocycles. The molecule has 0 aliphatic heterocycles. The molecular weight excluding hydrogens is 264 g/mol. The fourth-order valence-corrected chi connectivity index (χ4v) is 2.88. The number of para-hydroxylation sites is 1. The molecule has 0 saturated heterocycles. The third-order valence-electron chi connectivity index (χ3n) is 2.58. The summed E-state index contributed by atoms with van der Waals surface area (Å²) in [5, 5.41) is 10.7.